The number of amides is 2. The summed E-state index contributed by atoms with van der Waals surface area (Å²) in [6.07, 6.45) is 2.87. The fraction of sp³-hybridized carbons (Fsp3) is 0.615. The molecule has 1 heterocycles. The first-order chi connectivity index (χ1) is 9.28. The zero-order valence-electron chi connectivity index (χ0n) is 12.4. The normalized spacial score (nSPS) is 11.0. The number of hydrogen-bond acceptors (Lipinski definition) is 4. The van der Waals surface area contributed by atoms with Gasteiger partial charge in [-0.2, -0.15) is 0 Å². The number of aromatic nitrogens is 2. The molecular formula is C13H22N4O3. The Morgan fingerprint density at radius 2 is 2.05 bits per heavy atom. The zero-order valence-corrected chi connectivity index (χ0v) is 12.4. The van der Waals surface area contributed by atoms with Gasteiger partial charge in [-0.05, 0) is 20.8 Å². The Hall–Kier alpha value is -2.05. The largest absolute Gasteiger partial charge is 0.444 e. The van der Waals surface area contributed by atoms with Gasteiger partial charge in [-0.15, -0.1) is 0 Å². The maximum Gasteiger partial charge on any atom is 0.407 e. The van der Waals surface area contributed by atoms with Gasteiger partial charge in [0.1, 0.15) is 5.60 Å². The van der Waals surface area contributed by atoms with Crippen molar-refractivity contribution in [1.29, 1.82) is 0 Å². The maximum absolute atomic E-state index is 11.5. The molecular weight excluding hydrogens is 260 g/mol. The second-order valence-corrected chi connectivity index (χ2v) is 5.42. The van der Waals surface area contributed by atoms with E-state index in [1.807, 2.05) is 25.3 Å². The molecule has 112 valence electrons. The van der Waals surface area contributed by atoms with Crippen molar-refractivity contribution in [2.24, 2.45) is 0 Å². The smallest absolute Gasteiger partial charge is 0.407 e. The van der Waals surface area contributed by atoms with Gasteiger partial charge in [-0.1, -0.05) is 0 Å². The summed E-state index contributed by atoms with van der Waals surface area (Å²) < 4.78 is 7.02. The van der Waals surface area contributed by atoms with Crippen molar-refractivity contribution in [3.63, 3.8) is 0 Å². The first-order valence-corrected chi connectivity index (χ1v) is 6.48. The molecule has 1 aromatic heterocycles. The van der Waals surface area contributed by atoms with Gasteiger partial charge in [0.25, 0.3) is 0 Å². The van der Waals surface area contributed by atoms with Crippen molar-refractivity contribution in [2.45, 2.75) is 46.4 Å². The fourth-order valence-corrected chi connectivity index (χ4v) is 1.53. The standard InChI is InChI=1S/C13H22N4O3/c1-10(18)15-5-6-17-9-14-7-11(17)8-16-12(19)20-13(2,3)4/h7,9H,5-6,8H2,1-4H3,(H,15,18)(H,16,19). The van der Waals surface area contributed by atoms with Crippen LogP contribution in [0.3, 0.4) is 0 Å². The lowest BCUT2D eigenvalue weighted by molar-refractivity contribution is -0.118. The van der Waals surface area contributed by atoms with E-state index in [2.05, 4.69) is 15.6 Å². The van der Waals surface area contributed by atoms with Gasteiger partial charge in [0.05, 0.1) is 18.6 Å². The number of alkyl carbamates (subject to hydrolysis) is 1. The summed E-state index contributed by atoms with van der Waals surface area (Å²) >= 11 is 0. The van der Waals surface area contributed by atoms with E-state index in [0.29, 0.717) is 19.6 Å². The van der Waals surface area contributed by atoms with Gasteiger partial charge in [0.15, 0.2) is 0 Å². The first kappa shape index (κ1) is 16.0. The number of carbonyl (C=O) groups excluding carboxylic acids is 2. The number of nitrogens with one attached hydrogen (secondary N) is 2. The number of nitrogens with zero attached hydrogens (tertiary/aromatic N) is 2. The second kappa shape index (κ2) is 6.93. The Kier molecular flexibility index (Phi) is 5.54. The average Bonchev–Trinajstić information content (AvgIpc) is 2.71. The van der Waals surface area contributed by atoms with Crippen LogP contribution in [-0.4, -0.2) is 33.7 Å². The zero-order chi connectivity index (χ0) is 15.2. The Bertz CT molecular complexity index is 462. The minimum atomic E-state index is -0.518. The quantitative estimate of drug-likeness (QED) is 0.845. The molecule has 1 rings (SSSR count). The SMILES string of the molecule is CC(=O)NCCn1cncc1CNC(=O)OC(C)(C)C. The van der Waals surface area contributed by atoms with Crippen molar-refractivity contribution < 1.29 is 14.3 Å². The summed E-state index contributed by atoms with van der Waals surface area (Å²) in [5.41, 5.74) is 0.330. The van der Waals surface area contributed by atoms with Crippen LogP contribution < -0.4 is 10.6 Å². The summed E-state index contributed by atoms with van der Waals surface area (Å²) in [5.74, 6) is -0.0708. The molecule has 0 aliphatic rings. The van der Waals surface area contributed by atoms with Crippen LogP contribution in [0.5, 0.6) is 0 Å². The number of carbonyl (C=O) groups is 2. The Labute approximate surface area is 118 Å². The molecule has 0 bridgehead atoms. The fourth-order valence-electron chi connectivity index (χ4n) is 1.53. The summed E-state index contributed by atoms with van der Waals surface area (Å²) in [4.78, 5) is 26.4. The molecule has 20 heavy (non-hydrogen) atoms. The van der Waals surface area contributed by atoms with Gasteiger partial charge in [0.2, 0.25) is 5.91 Å². The molecule has 0 aliphatic carbocycles. The summed E-state index contributed by atoms with van der Waals surface area (Å²) in [6.45, 7) is 8.35. The van der Waals surface area contributed by atoms with Crippen LogP contribution in [0.15, 0.2) is 12.5 Å². The maximum atomic E-state index is 11.5. The van der Waals surface area contributed by atoms with Crippen LogP contribution in [0, 0.1) is 0 Å². The highest BCUT2D eigenvalue weighted by Gasteiger charge is 2.16. The molecule has 0 spiro atoms. The van der Waals surface area contributed by atoms with Crippen molar-refractivity contribution in [2.75, 3.05) is 6.54 Å². The van der Waals surface area contributed by atoms with Gasteiger partial charge in [0, 0.05) is 26.2 Å². The van der Waals surface area contributed by atoms with E-state index in [0.717, 1.165) is 5.69 Å². The highest BCUT2D eigenvalue weighted by Crippen LogP contribution is 2.07. The van der Waals surface area contributed by atoms with Crippen LogP contribution in [0.25, 0.3) is 0 Å². The Morgan fingerprint density at radius 1 is 1.35 bits per heavy atom. The van der Waals surface area contributed by atoms with Gasteiger partial charge >= 0.3 is 6.09 Å². The second-order valence-electron chi connectivity index (χ2n) is 5.42. The van der Waals surface area contributed by atoms with E-state index in [-0.39, 0.29) is 5.91 Å². The lowest BCUT2D eigenvalue weighted by Gasteiger charge is -2.19. The lowest BCUT2D eigenvalue weighted by atomic mass is 10.2. The topological polar surface area (TPSA) is 85.3 Å². The van der Waals surface area contributed by atoms with Gasteiger partial charge in [-0.3, -0.25) is 4.79 Å². The number of ether oxygens (including phenoxy) is 1. The van der Waals surface area contributed by atoms with E-state index in [1.54, 1.807) is 12.5 Å². The summed E-state index contributed by atoms with van der Waals surface area (Å²) in [7, 11) is 0. The molecule has 0 atom stereocenters. The van der Waals surface area contributed by atoms with Gasteiger partial charge < -0.3 is 19.9 Å². The highest BCUT2D eigenvalue weighted by molar-refractivity contribution is 5.72. The summed E-state index contributed by atoms with van der Waals surface area (Å²) in [5, 5.41) is 5.38. The molecule has 2 N–H and O–H groups in total. The molecule has 0 radical (unpaired) electrons. The third-order valence-corrected chi connectivity index (χ3v) is 2.34. The van der Waals surface area contributed by atoms with Crippen LogP contribution in [-0.2, 0) is 22.6 Å². The summed E-state index contributed by atoms with van der Waals surface area (Å²) in [6, 6.07) is 0. The van der Waals surface area contributed by atoms with Crippen LogP contribution in [0.4, 0.5) is 4.79 Å². The van der Waals surface area contributed by atoms with E-state index < -0.39 is 11.7 Å². The molecule has 0 aromatic carbocycles. The Morgan fingerprint density at radius 3 is 2.65 bits per heavy atom. The molecule has 0 fully saturated rings. The van der Waals surface area contributed by atoms with Gasteiger partial charge in [-0.25, -0.2) is 9.78 Å². The molecule has 7 heteroatoms. The molecule has 7 nitrogen and oxygen atoms in total. The monoisotopic (exact) mass is 282 g/mol. The lowest BCUT2D eigenvalue weighted by Crippen LogP contribution is -2.33. The molecule has 2 amide bonds. The highest BCUT2D eigenvalue weighted by atomic mass is 16.6. The third kappa shape index (κ3) is 6.21. The van der Waals surface area contributed by atoms with Crippen molar-refractivity contribution in [1.82, 2.24) is 20.2 Å². The van der Waals surface area contributed by atoms with E-state index in [1.165, 1.54) is 6.92 Å². The van der Waals surface area contributed by atoms with Crippen molar-refractivity contribution in [3.8, 4) is 0 Å². The van der Waals surface area contributed by atoms with Crippen LogP contribution in [0.1, 0.15) is 33.4 Å². The first-order valence-electron chi connectivity index (χ1n) is 6.48. The molecule has 0 aliphatic heterocycles. The molecule has 0 saturated heterocycles. The van der Waals surface area contributed by atoms with Crippen LogP contribution >= 0.6 is 0 Å². The van der Waals surface area contributed by atoms with E-state index in [4.69, 9.17) is 4.74 Å². The molecule has 0 unspecified atom stereocenters. The predicted molar refractivity (Wildman–Crippen MR) is 74.0 cm³/mol. The Balaban J connectivity index is 2.43. The van der Waals surface area contributed by atoms with E-state index >= 15 is 0 Å². The van der Waals surface area contributed by atoms with Crippen molar-refractivity contribution >= 4 is 12.0 Å². The minimum absolute atomic E-state index is 0.0708. The predicted octanol–water partition coefficient (Wildman–Crippen LogP) is 1.04. The number of imidazole rings is 1. The van der Waals surface area contributed by atoms with Crippen LogP contribution in [0.2, 0.25) is 0 Å². The average molecular weight is 282 g/mol. The minimum Gasteiger partial charge on any atom is -0.444 e. The van der Waals surface area contributed by atoms with Crippen molar-refractivity contribution in [3.05, 3.63) is 18.2 Å². The number of hydrogen-bond donors (Lipinski definition) is 2. The third-order valence-electron chi connectivity index (χ3n) is 2.34. The van der Waals surface area contributed by atoms with E-state index in [9.17, 15) is 9.59 Å². The molecule has 0 saturated carbocycles. The number of rotatable bonds is 5. The molecule has 1 aromatic rings.